The number of nitrogen functional groups attached to an aromatic ring is 1. The molecule has 0 bridgehead atoms. The molecule has 2 N–H and O–H groups in total. The number of pyridine rings is 2. The Balaban J connectivity index is 0.000000202. The molecule has 4 aromatic rings. The quantitative estimate of drug-likeness (QED) is 0.160. The van der Waals surface area contributed by atoms with Crippen LogP contribution in [0.15, 0.2) is 73.3 Å². The molecule has 2 aromatic carbocycles. The van der Waals surface area contributed by atoms with Crippen molar-refractivity contribution in [2.24, 2.45) is 0 Å². The van der Waals surface area contributed by atoms with Crippen molar-refractivity contribution in [1.29, 1.82) is 0 Å². The van der Waals surface area contributed by atoms with Crippen molar-refractivity contribution in [2.45, 2.75) is 0 Å². The van der Waals surface area contributed by atoms with Gasteiger partial charge in [0.2, 0.25) is 0 Å². The third-order valence-electron chi connectivity index (χ3n) is 4.36. The third kappa shape index (κ3) is 7.36. The molecule has 0 radical (unpaired) electrons. The van der Waals surface area contributed by atoms with Crippen molar-refractivity contribution >= 4 is 34.6 Å². The number of ether oxygens (including phenoxy) is 4. The second-order valence-corrected chi connectivity index (χ2v) is 7.76. The predicted molar refractivity (Wildman–Crippen MR) is 136 cm³/mol. The van der Waals surface area contributed by atoms with E-state index in [0.29, 0.717) is 44.5 Å². The lowest BCUT2D eigenvalue weighted by atomic mass is 10.3. The molecule has 2 aromatic heterocycles. The number of nitrogens with two attached hydrogens (primary N) is 1. The molecule has 10 nitrogen and oxygen atoms in total. The number of benzene rings is 2. The van der Waals surface area contributed by atoms with Gasteiger partial charge in [-0.25, -0.2) is 0 Å². The maximum Gasteiger partial charge on any atom is 0.273 e. The van der Waals surface area contributed by atoms with Crippen LogP contribution in [0.2, 0.25) is 10.0 Å². The Hall–Kier alpha value is -4.28. The first-order chi connectivity index (χ1) is 17.3. The first-order valence-electron chi connectivity index (χ1n) is 10.1. The van der Waals surface area contributed by atoms with Gasteiger partial charge in [0, 0.05) is 42.3 Å². The maximum atomic E-state index is 10.7. The van der Waals surface area contributed by atoms with Crippen molar-refractivity contribution < 1.29 is 23.9 Å². The van der Waals surface area contributed by atoms with E-state index >= 15 is 0 Å². The Morgan fingerprint density at radius 3 is 1.72 bits per heavy atom. The summed E-state index contributed by atoms with van der Waals surface area (Å²) >= 11 is 11.6. The molecule has 0 saturated heterocycles. The highest BCUT2D eigenvalue weighted by Gasteiger charge is 2.13. The molecule has 0 aliphatic carbocycles. The molecule has 0 amide bonds. The first kappa shape index (κ1) is 26.3. The highest BCUT2D eigenvalue weighted by molar-refractivity contribution is 6.30. The van der Waals surface area contributed by atoms with E-state index < -0.39 is 4.92 Å². The van der Waals surface area contributed by atoms with E-state index in [1.807, 2.05) is 0 Å². The zero-order valence-electron chi connectivity index (χ0n) is 19.1. The molecule has 36 heavy (non-hydrogen) atoms. The van der Waals surface area contributed by atoms with Crippen LogP contribution < -0.4 is 24.7 Å². The van der Waals surface area contributed by atoms with Crippen LogP contribution >= 0.6 is 23.2 Å². The van der Waals surface area contributed by atoms with Gasteiger partial charge in [-0.05, 0) is 18.2 Å². The van der Waals surface area contributed by atoms with Crippen molar-refractivity contribution in [3.63, 3.8) is 0 Å². The van der Waals surface area contributed by atoms with E-state index in [1.54, 1.807) is 43.6 Å². The number of nitrogens with zero attached hydrogens (tertiary/aromatic N) is 3. The van der Waals surface area contributed by atoms with Gasteiger partial charge in [-0.15, -0.1) is 0 Å². The second kappa shape index (κ2) is 12.4. The van der Waals surface area contributed by atoms with E-state index in [9.17, 15) is 10.1 Å². The summed E-state index contributed by atoms with van der Waals surface area (Å²) in [6.45, 7) is 0. The smallest absolute Gasteiger partial charge is 0.273 e. The van der Waals surface area contributed by atoms with Crippen molar-refractivity contribution in [2.75, 3.05) is 20.0 Å². The molecule has 0 aliphatic heterocycles. The number of hydrogen-bond acceptors (Lipinski definition) is 9. The van der Waals surface area contributed by atoms with E-state index in [1.165, 1.54) is 43.9 Å². The molecule has 0 unspecified atom stereocenters. The van der Waals surface area contributed by atoms with E-state index in [0.717, 1.165) is 0 Å². The van der Waals surface area contributed by atoms with Gasteiger partial charge in [0.05, 0.1) is 47.6 Å². The van der Waals surface area contributed by atoms with Crippen LogP contribution in [0.1, 0.15) is 0 Å². The number of methoxy groups -OCH3 is 2. The van der Waals surface area contributed by atoms with Crippen molar-refractivity contribution in [3.8, 4) is 34.5 Å². The molecule has 0 fully saturated rings. The van der Waals surface area contributed by atoms with E-state index in [-0.39, 0.29) is 11.4 Å². The summed E-state index contributed by atoms with van der Waals surface area (Å²) in [5, 5.41) is 11.6. The Labute approximate surface area is 216 Å². The Morgan fingerprint density at radius 1 is 0.750 bits per heavy atom. The molecule has 12 heteroatoms. The Kier molecular flexibility index (Phi) is 9.09. The number of nitro benzene ring substituents is 1. The minimum Gasteiger partial charge on any atom is -0.493 e. The predicted octanol–water partition coefficient (Wildman–Crippen LogP) is 6.56. The fourth-order valence-electron chi connectivity index (χ4n) is 2.77. The first-order valence-corrected chi connectivity index (χ1v) is 10.9. The number of aromatic nitrogens is 2. The summed E-state index contributed by atoms with van der Waals surface area (Å²) in [5.41, 5.74) is 6.19. The number of hydrogen-bond donors (Lipinski definition) is 1. The SMILES string of the molecule is COc1cc(N)ccc1Oc1cncc(Cl)c1.COc1cc([N+](=O)[O-])ccc1Oc1cncc(Cl)c1. The topological polar surface area (TPSA) is 132 Å². The lowest BCUT2D eigenvalue weighted by Crippen LogP contribution is -1.93. The molecule has 0 aliphatic rings. The molecular weight excluding hydrogens is 511 g/mol. The molecule has 186 valence electrons. The molecule has 0 spiro atoms. The highest BCUT2D eigenvalue weighted by atomic mass is 35.5. The minimum absolute atomic E-state index is 0.0755. The molecular formula is C24H20Cl2N4O6. The monoisotopic (exact) mass is 530 g/mol. The molecule has 4 rings (SSSR count). The highest BCUT2D eigenvalue weighted by Crippen LogP contribution is 2.35. The zero-order chi connectivity index (χ0) is 26.1. The van der Waals surface area contributed by atoms with Crippen molar-refractivity contribution in [1.82, 2.24) is 9.97 Å². The number of anilines is 1. The number of nitro groups is 1. The average molecular weight is 531 g/mol. The van der Waals surface area contributed by atoms with Crippen LogP contribution in [0.4, 0.5) is 11.4 Å². The van der Waals surface area contributed by atoms with Crippen LogP contribution in [-0.2, 0) is 0 Å². The third-order valence-corrected chi connectivity index (χ3v) is 4.77. The van der Waals surface area contributed by atoms with Crippen LogP contribution in [0.5, 0.6) is 34.5 Å². The van der Waals surface area contributed by atoms with Gasteiger partial charge in [0.25, 0.3) is 5.69 Å². The fourth-order valence-corrected chi connectivity index (χ4v) is 3.10. The van der Waals surface area contributed by atoms with Gasteiger partial charge in [-0.3, -0.25) is 20.1 Å². The fraction of sp³-hybridized carbons (Fsp3) is 0.0833. The van der Waals surface area contributed by atoms with Gasteiger partial charge < -0.3 is 24.7 Å². The molecule has 0 atom stereocenters. The summed E-state index contributed by atoms with van der Waals surface area (Å²) in [6, 6.07) is 12.5. The summed E-state index contributed by atoms with van der Waals surface area (Å²) in [5.74, 6) is 2.68. The number of halogens is 2. The van der Waals surface area contributed by atoms with Gasteiger partial charge >= 0.3 is 0 Å². The Bertz CT molecular complexity index is 1360. The van der Waals surface area contributed by atoms with E-state index in [2.05, 4.69) is 9.97 Å². The lowest BCUT2D eigenvalue weighted by molar-refractivity contribution is -0.384. The largest absolute Gasteiger partial charge is 0.493 e. The zero-order valence-corrected chi connectivity index (χ0v) is 20.6. The molecule has 2 heterocycles. The van der Waals surface area contributed by atoms with Gasteiger partial charge in [0.1, 0.15) is 11.5 Å². The van der Waals surface area contributed by atoms with Crippen LogP contribution in [0, 0.1) is 10.1 Å². The van der Waals surface area contributed by atoms with Crippen LogP contribution in [0.3, 0.4) is 0 Å². The maximum absolute atomic E-state index is 10.7. The van der Waals surface area contributed by atoms with Gasteiger partial charge in [0.15, 0.2) is 23.0 Å². The summed E-state index contributed by atoms with van der Waals surface area (Å²) < 4.78 is 21.4. The standard InChI is InChI=1S/C12H9ClN2O4.C12H11ClN2O2/c1-18-12-5-9(15(16)17)2-3-11(12)19-10-4-8(13)6-14-7-10;1-16-12-5-9(14)2-3-11(12)17-10-4-8(13)6-15-7-10/h2-7H,1H3;2-7H,14H2,1H3. The lowest BCUT2D eigenvalue weighted by Gasteiger charge is -2.10. The van der Waals surface area contributed by atoms with Crippen molar-refractivity contribution in [3.05, 3.63) is 93.5 Å². The van der Waals surface area contributed by atoms with Crippen LogP contribution in [-0.4, -0.2) is 29.1 Å². The van der Waals surface area contributed by atoms with E-state index in [4.69, 9.17) is 47.9 Å². The number of non-ortho nitro benzene ring substituents is 1. The summed E-state index contributed by atoms with van der Waals surface area (Å²) in [6.07, 6.45) is 6.06. The molecule has 0 saturated carbocycles. The Morgan fingerprint density at radius 2 is 1.25 bits per heavy atom. The minimum atomic E-state index is -0.507. The average Bonchev–Trinajstić information content (AvgIpc) is 2.85. The summed E-state index contributed by atoms with van der Waals surface area (Å²) in [7, 11) is 2.96. The second-order valence-electron chi connectivity index (χ2n) is 6.88. The van der Waals surface area contributed by atoms with Gasteiger partial charge in [-0.1, -0.05) is 23.2 Å². The summed E-state index contributed by atoms with van der Waals surface area (Å²) in [4.78, 5) is 18.0. The normalized spacial score (nSPS) is 10.0. The van der Waals surface area contributed by atoms with Gasteiger partial charge in [-0.2, -0.15) is 0 Å². The van der Waals surface area contributed by atoms with Crippen LogP contribution in [0.25, 0.3) is 0 Å². The number of rotatable bonds is 7.